The van der Waals surface area contributed by atoms with E-state index in [0.29, 0.717) is 11.4 Å². The second-order valence-corrected chi connectivity index (χ2v) is 7.15. The van der Waals surface area contributed by atoms with Gasteiger partial charge in [-0.15, -0.1) is 0 Å². The molecule has 0 aliphatic carbocycles. The number of benzene rings is 1. The van der Waals surface area contributed by atoms with E-state index in [1.165, 1.54) is 10.6 Å². The minimum atomic E-state index is -0.413. The highest BCUT2D eigenvalue weighted by Crippen LogP contribution is 2.28. The summed E-state index contributed by atoms with van der Waals surface area (Å²) < 4.78 is 1.52. The maximum atomic E-state index is 12.8. The summed E-state index contributed by atoms with van der Waals surface area (Å²) in [5.41, 5.74) is 2.15. The standard InChI is InChI=1S/C21H22N4O3/c1-13-16-12-22-10-9-17(16)24-21(28)19(13)20(27)23-14-5-7-15(8-6-14)25-11-3-2-4-18(25)26/h2-8,11,16-17,22H,9-10,12H2,1H3,(H,23,27)(H,24,28). The molecule has 3 N–H and O–H groups in total. The Morgan fingerprint density at radius 3 is 2.68 bits per heavy atom. The summed E-state index contributed by atoms with van der Waals surface area (Å²) in [5, 5.41) is 9.08. The van der Waals surface area contributed by atoms with Crippen LogP contribution in [0, 0.1) is 5.92 Å². The van der Waals surface area contributed by atoms with Crippen LogP contribution < -0.4 is 21.5 Å². The number of aromatic nitrogens is 1. The molecule has 1 fully saturated rings. The number of rotatable bonds is 3. The molecular weight excluding hydrogens is 356 g/mol. The predicted molar refractivity (Wildman–Crippen MR) is 106 cm³/mol. The number of fused-ring (bicyclic) bond motifs is 1. The van der Waals surface area contributed by atoms with Gasteiger partial charge >= 0.3 is 0 Å². The second-order valence-electron chi connectivity index (χ2n) is 7.15. The first-order valence-electron chi connectivity index (χ1n) is 9.36. The highest BCUT2D eigenvalue weighted by Gasteiger charge is 2.37. The number of pyridine rings is 1. The van der Waals surface area contributed by atoms with E-state index in [-0.39, 0.29) is 29.0 Å². The third kappa shape index (κ3) is 3.36. The van der Waals surface area contributed by atoms with Crippen LogP contribution in [0.1, 0.15) is 13.3 Å². The highest BCUT2D eigenvalue weighted by atomic mass is 16.2. The Kier molecular flexibility index (Phi) is 4.83. The molecule has 2 aliphatic rings. The molecule has 2 aliphatic heterocycles. The SMILES string of the molecule is CC1=C(C(=O)Nc2ccc(-n3ccccc3=O)cc2)C(=O)NC2CCNCC12. The largest absolute Gasteiger partial charge is 0.348 e. The summed E-state index contributed by atoms with van der Waals surface area (Å²) in [6.45, 7) is 3.49. The zero-order chi connectivity index (χ0) is 19.7. The van der Waals surface area contributed by atoms with Crippen LogP contribution >= 0.6 is 0 Å². The van der Waals surface area contributed by atoms with Crippen LogP contribution in [0.5, 0.6) is 0 Å². The van der Waals surface area contributed by atoms with Crippen molar-refractivity contribution in [1.29, 1.82) is 0 Å². The summed E-state index contributed by atoms with van der Waals surface area (Å²) >= 11 is 0. The Bertz CT molecular complexity index is 1010. The van der Waals surface area contributed by atoms with E-state index in [9.17, 15) is 14.4 Å². The number of hydrogen-bond donors (Lipinski definition) is 3. The Hall–Kier alpha value is -3.19. The van der Waals surface area contributed by atoms with Crippen LogP contribution in [0.4, 0.5) is 5.69 Å². The highest BCUT2D eigenvalue weighted by molar-refractivity contribution is 6.23. The quantitative estimate of drug-likeness (QED) is 0.700. The lowest BCUT2D eigenvalue weighted by Crippen LogP contribution is -2.54. The average Bonchev–Trinajstić information content (AvgIpc) is 2.69. The van der Waals surface area contributed by atoms with Crippen molar-refractivity contribution in [2.75, 3.05) is 18.4 Å². The minimum absolute atomic E-state index is 0.0915. The number of amides is 2. The first-order valence-corrected chi connectivity index (χ1v) is 9.36. The number of carbonyl (C=O) groups is 2. The van der Waals surface area contributed by atoms with Crippen LogP contribution in [-0.2, 0) is 9.59 Å². The zero-order valence-corrected chi connectivity index (χ0v) is 15.6. The average molecular weight is 378 g/mol. The Labute approximate surface area is 162 Å². The molecule has 1 aromatic heterocycles. The van der Waals surface area contributed by atoms with E-state index in [1.807, 2.05) is 6.92 Å². The molecule has 28 heavy (non-hydrogen) atoms. The maximum Gasteiger partial charge on any atom is 0.261 e. The molecular formula is C21H22N4O3. The van der Waals surface area contributed by atoms with Crippen molar-refractivity contribution in [1.82, 2.24) is 15.2 Å². The van der Waals surface area contributed by atoms with Crippen molar-refractivity contribution in [2.24, 2.45) is 5.92 Å². The van der Waals surface area contributed by atoms with Crippen molar-refractivity contribution in [2.45, 2.75) is 19.4 Å². The van der Waals surface area contributed by atoms with Crippen molar-refractivity contribution < 1.29 is 9.59 Å². The van der Waals surface area contributed by atoms with E-state index in [4.69, 9.17) is 0 Å². The van der Waals surface area contributed by atoms with E-state index < -0.39 is 5.91 Å². The lowest BCUT2D eigenvalue weighted by atomic mass is 9.81. The van der Waals surface area contributed by atoms with E-state index in [0.717, 1.165) is 25.1 Å². The summed E-state index contributed by atoms with van der Waals surface area (Å²) in [5.74, 6) is -0.589. The normalized spacial score (nSPS) is 21.7. The van der Waals surface area contributed by atoms with Gasteiger partial charge in [0.15, 0.2) is 0 Å². The van der Waals surface area contributed by atoms with Crippen LogP contribution in [0.3, 0.4) is 0 Å². The number of hydrogen-bond acceptors (Lipinski definition) is 4. The van der Waals surface area contributed by atoms with Gasteiger partial charge in [0.25, 0.3) is 17.4 Å². The molecule has 7 nitrogen and oxygen atoms in total. The summed E-state index contributed by atoms with van der Waals surface area (Å²) in [6.07, 6.45) is 2.55. The molecule has 144 valence electrons. The molecule has 0 saturated carbocycles. The third-order valence-electron chi connectivity index (χ3n) is 5.43. The van der Waals surface area contributed by atoms with Gasteiger partial charge in [0.2, 0.25) is 0 Å². The van der Waals surface area contributed by atoms with Gasteiger partial charge in [-0.2, -0.15) is 0 Å². The van der Waals surface area contributed by atoms with Crippen LogP contribution in [0.25, 0.3) is 5.69 Å². The molecule has 1 aromatic carbocycles. The topological polar surface area (TPSA) is 92.2 Å². The number of anilines is 1. The van der Waals surface area contributed by atoms with E-state index >= 15 is 0 Å². The molecule has 4 rings (SSSR count). The summed E-state index contributed by atoms with van der Waals surface area (Å²) in [6, 6.07) is 12.0. The summed E-state index contributed by atoms with van der Waals surface area (Å²) in [4.78, 5) is 37.2. The number of nitrogens with one attached hydrogen (secondary N) is 3. The molecule has 3 heterocycles. The van der Waals surface area contributed by atoms with Crippen LogP contribution in [0.15, 0.2) is 64.6 Å². The van der Waals surface area contributed by atoms with Gasteiger partial charge in [-0.05, 0) is 55.8 Å². The van der Waals surface area contributed by atoms with Crippen molar-refractivity contribution in [3.05, 3.63) is 70.2 Å². The van der Waals surface area contributed by atoms with Gasteiger partial charge in [0.05, 0.1) is 0 Å². The zero-order valence-electron chi connectivity index (χ0n) is 15.6. The fourth-order valence-corrected chi connectivity index (χ4v) is 3.91. The minimum Gasteiger partial charge on any atom is -0.348 e. The fraction of sp³-hybridized carbons (Fsp3) is 0.286. The Morgan fingerprint density at radius 1 is 1.14 bits per heavy atom. The Balaban J connectivity index is 1.54. The first kappa shape index (κ1) is 18.2. The van der Waals surface area contributed by atoms with Gasteiger partial charge in [-0.25, -0.2) is 0 Å². The van der Waals surface area contributed by atoms with Crippen molar-refractivity contribution in [3.8, 4) is 5.69 Å². The van der Waals surface area contributed by atoms with Gasteiger partial charge < -0.3 is 16.0 Å². The van der Waals surface area contributed by atoms with E-state index in [2.05, 4.69) is 16.0 Å². The molecule has 2 aromatic rings. The van der Waals surface area contributed by atoms with Gasteiger partial charge in [0.1, 0.15) is 5.57 Å². The Morgan fingerprint density at radius 2 is 1.93 bits per heavy atom. The fourth-order valence-electron chi connectivity index (χ4n) is 3.91. The molecule has 7 heteroatoms. The second kappa shape index (κ2) is 7.44. The van der Waals surface area contributed by atoms with E-state index in [1.54, 1.807) is 42.6 Å². The molecule has 0 bridgehead atoms. The lowest BCUT2D eigenvalue weighted by molar-refractivity contribution is -0.123. The van der Waals surface area contributed by atoms with Crippen LogP contribution in [0.2, 0.25) is 0 Å². The van der Waals surface area contributed by atoms with Crippen molar-refractivity contribution in [3.63, 3.8) is 0 Å². The molecule has 2 amide bonds. The monoisotopic (exact) mass is 378 g/mol. The number of carbonyl (C=O) groups excluding carboxylic acids is 2. The first-order chi connectivity index (χ1) is 13.5. The third-order valence-corrected chi connectivity index (χ3v) is 5.43. The van der Waals surface area contributed by atoms with Crippen LogP contribution in [-0.4, -0.2) is 35.5 Å². The van der Waals surface area contributed by atoms with Gasteiger partial charge in [-0.1, -0.05) is 6.07 Å². The molecule has 1 saturated heterocycles. The molecule has 0 spiro atoms. The molecule has 2 atom stereocenters. The van der Waals surface area contributed by atoms with Gasteiger partial charge in [-0.3, -0.25) is 19.0 Å². The smallest absolute Gasteiger partial charge is 0.261 e. The molecule has 2 unspecified atom stereocenters. The number of nitrogens with zero attached hydrogens (tertiary/aromatic N) is 1. The lowest BCUT2D eigenvalue weighted by Gasteiger charge is -2.37. The van der Waals surface area contributed by atoms with Crippen molar-refractivity contribution >= 4 is 17.5 Å². The predicted octanol–water partition coefficient (Wildman–Crippen LogP) is 1.20. The maximum absolute atomic E-state index is 12.8. The molecule has 0 radical (unpaired) electrons. The summed E-state index contributed by atoms with van der Waals surface area (Å²) in [7, 11) is 0. The number of piperidine rings is 1. The van der Waals surface area contributed by atoms with Gasteiger partial charge in [0, 0.05) is 42.1 Å².